The molecular weight excluding hydrogens is 212 g/mol. The van der Waals surface area contributed by atoms with Gasteiger partial charge in [-0.3, -0.25) is 4.79 Å². The summed E-state index contributed by atoms with van der Waals surface area (Å²) in [6, 6.07) is 15.2. The fourth-order valence-electron chi connectivity index (χ4n) is 2.04. The highest BCUT2D eigenvalue weighted by Crippen LogP contribution is 2.50. The molecule has 1 atom stereocenters. The molecule has 17 heavy (non-hydrogen) atoms. The molecule has 3 rings (SSSR count). The lowest BCUT2D eigenvalue weighted by molar-refractivity contribution is 0.0966. The number of carbonyl (C=O) groups excluding carboxylic acids is 1. The molecular formula is C15H12O2. The lowest BCUT2D eigenvalue weighted by Crippen LogP contribution is -2.08. The average Bonchev–Trinajstić information content (AvgIpc) is 3.17. The molecule has 1 aliphatic rings. The molecule has 1 heterocycles. The molecule has 0 amide bonds. The number of para-hydroxylation sites is 1. The normalized spacial score (nSPS) is 13.5. The van der Waals surface area contributed by atoms with Crippen molar-refractivity contribution in [2.45, 2.75) is 12.8 Å². The van der Waals surface area contributed by atoms with E-state index in [4.69, 9.17) is 4.74 Å². The standard InChI is InChI=1S/C15H12O2/c1-10(12-8-5-9-13-15(12)17-13)14(16)11-6-3-2-4-7-11/h2-10H,1H3. The highest BCUT2D eigenvalue weighted by molar-refractivity contribution is 6.01. The Balaban J connectivity index is 1.91. The van der Waals surface area contributed by atoms with Crippen LogP contribution in [0, 0.1) is 0 Å². The van der Waals surface area contributed by atoms with E-state index in [2.05, 4.69) is 0 Å². The minimum Gasteiger partial charge on any atom is -0.449 e. The first-order chi connectivity index (χ1) is 8.27. The van der Waals surface area contributed by atoms with Gasteiger partial charge in [0.25, 0.3) is 0 Å². The van der Waals surface area contributed by atoms with Gasteiger partial charge in [0.15, 0.2) is 17.3 Å². The van der Waals surface area contributed by atoms with Crippen LogP contribution < -0.4 is 4.74 Å². The van der Waals surface area contributed by atoms with Crippen LogP contribution in [0.3, 0.4) is 0 Å². The van der Waals surface area contributed by atoms with Gasteiger partial charge in [-0.25, -0.2) is 0 Å². The van der Waals surface area contributed by atoms with Crippen LogP contribution in [0.25, 0.3) is 0 Å². The molecule has 1 unspecified atom stereocenters. The van der Waals surface area contributed by atoms with Gasteiger partial charge >= 0.3 is 0 Å². The third-order valence-corrected chi connectivity index (χ3v) is 3.10. The largest absolute Gasteiger partial charge is 0.449 e. The molecule has 2 nitrogen and oxygen atoms in total. The molecule has 0 fully saturated rings. The Morgan fingerprint density at radius 3 is 2.59 bits per heavy atom. The molecule has 0 saturated heterocycles. The molecule has 0 aliphatic carbocycles. The predicted molar refractivity (Wildman–Crippen MR) is 65.7 cm³/mol. The van der Waals surface area contributed by atoms with Gasteiger partial charge < -0.3 is 4.74 Å². The van der Waals surface area contributed by atoms with Crippen molar-refractivity contribution in [2.75, 3.05) is 0 Å². The second kappa shape index (κ2) is 3.74. The van der Waals surface area contributed by atoms with E-state index in [1.54, 1.807) is 0 Å². The van der Waals surface area contributed by atoms with Crippen molar-refractivity contribution in [2.24, 2.45) is 0 Å². The Morgan fingerprint density at radius 1 is 1.06 bits per heavy atom. The highest BCUT2D eigenvalue weighted by atomic mass is 16.6. The number of Topliss-reactive ketones (excluding diaryl/α,β-unsaturated/α-hetero) is 1. The first-order valence-electron chi connectivity index (χ1n) is 5.67. The van der Waals surface area contributed by atoms with E-state index in [-0.39, 0.29) is 11.7 Å². The zero-order valence-corrected chi connectivity index (χ0v) is 9.51. The SMILES string of the molecule is CC(C(=O)c1ccccc1)c1cccc2c1O2. The lowest BCUT2D eigenvalue weighted by atomic mass is 9.92. The van der Waals surface area contributed by atoms with E-state index >= 15 is 0 Å². The first kappa shape index (κ1) is 10.1. The summed E-state index contributed by atoms with van der Waals surface area (Å²) in [7, 11) is 0. The van der Waals surface area contributed by atoms with Gasteiger partial charge in [0, 0.05) is 17.0 Å². The van der Waals surface area contributed by atoms with E-state index < -0.39 is 0 Å². The third-order valence-electron chi connectivity index (χ3n) is 3.10. The van der Waals surface area contributed by atoms with E-state index in [0.29, 0.717) is 0 Å². The van der Waals surface area contributed by atoms with Crippen LogP contribution in [0.15, 0.2) is 48.5 Å². The van der Waals surface area contributed by atoms with Gasteiger partial charge in [-0.15, -0.1) is 0 Å². The Bertz CT molecular complexity index is 573. The maximum atomic E-state index is 12.3. The summed E-state index contributed by atoms with van der Waals surface area (Å²) in [5.41, 5.74) is 1.73. The van der Waals surface area contributed by atoms with Gasteiger partial charge in [0.1, 0.15) is 0 Å². The van der Waals surface area contributed by atoms with Crippen LogP contribution >= 0.6 is 0 Å². The van der Waals surface area contributed by atoms with Crippen molar-refractivity contribution in [1.82, 2.24) is 0 Å². The van der Waals surface area contributed by atoms with Gasteiger partial charge in [-0.1, -0.05) is 49.4 Å². The van der Waals surface area contributed by atoms with Crippen LogP contribution in [0.2, 0.25) is 0 Å². The summed E-state index contributed by atoms with van der Waals surface area (Å²) < 4.78 is 5.32. The average molecular weight is 224 g/mol. The molecule has 0 N–H and O–H groups in total. The van der Waals surface area contributed by atoms with Crippen molar-refractivity contribution >= 4 is 5.78 Å². The van der Waals surface area contributed by atoms with E-state index in [1.165, 1.54) is 0 Å². The van der Waals surface area contributed by atoms with Crippen LogP contribution in [0.4, 0.5) is 0 Å². The number of rotatable bonds is 3. The maximum absolute atomic E-state index is 12.3. The topological polar surface area (TPSA) is 29.6 Å². The predicted octanol–water partition coefficient (Wildman–Crippen LogP) is 3.78. The summed E-state index contributed by atoms with van der Waals surface area (Å²) >= 11 is 0. The Labute approximate surface area is 99.9 Å². The molecule has 2 aromatic carbocycles. The maximum Gasteiger partial charge on any atom is 0.174 e. The molecule has 0 aromatic heterocycles. The minimum absolute atomic E-state index is 0.134. The molecule has 0 radical (unpaired) electrons. The Morgan fingerprint density at radius 2 is 1.82 bits per heavy atom. The molecule has 84 valence electrons. The second-order valence-corrected chi connectivity index (χ2v) is 4.23. The van der Waals surface area contributed by atoms with Gasteiger partial charge in [0.2, 0.25) is 0 Å². The van der Waals surface area contributed by atoms with Crippen LogP contribution in [-0.2, 0) is 0 Å². The number of fused-ring (bicyclic) bond motifs is 1. The smallest absolute Gasteiger partial charge is 0.174 e. The van der Waals surface area contributed by atoms with Gasteiger partial charge in [0.05, 0.1) is 0 Å². The van der Waals surface area contributed by atoms with Crippen molar-refractivity contribution < 1.29 is 9.53 Å². The van der Waals surface area contributed by atoms with Crippen molar-refractivity contribution in [3.63, 3.8) is 0 Å². The van der Waals surface area contributed by atoms with E-state index in [0.717, 1.165) is 22.6 Å². The molecule has 0 bridgehead atoms. The molecule has 1 aliphatic heterocycles. The van der Waals surface area contributed by atoms with Crippen LogP contribution in [0.5, 0.6) is 11.5 Å². The van der Waals surface area contributed by atoms with Gasteiger partial charge in [-0.2, -0.15) is 0 Å². The summed E-state index contributed by atoms with van der Waals surface area (Å²) in [5, 5.41) is 0. The Kier molecular flexibility index (Phi) is 2.22. The number of benzene rings is 2. The van der Waals surface area contributed by atoms with E-state index in [1.807, 2.05) is 55.5 Å². The first-order valence-corrected chi connectivity index (χ1v) is 5.67. The number of carbonyl (C=O) groups is 1. The van der Waals surface area contributed by atoms with Crippen molar-refractivity contribution in [3.05, 3.63) is 59.7 Å². The Hall–Kier alpha value is -2.09. The fraction of sp³-hybridized carbons (Fsp3) is 0.133. The number of ether oxygens (including phenoxy) is 1. The number of hydrogen-bond donors (Lipinski definition) is 0. The molecule has 0 saturated carbocycles. The summed E-state index contributed by atoms with van der Waals surface area (Å²) in [6.07, 6.45) is 0. The molecule has 2 aromatic rings. The van der Waals surface area contributed by atoms with Gasteiger partial charge in [-0.05, 0) is 6.07 Å². The van der Waals surface area contributed by atoms with Crippen molar-refractivity contribution in [3.8, 4) is 11.5 Å². The molecule has 2 heteroatoms. The summed E-state index contributed by atoms with van der Waals surface area (Å²) in [4.78, 5) is 12.3. The summed E-state index contributed by atoms with van der Waals surface area (Å²) in [6.45, 7) is 1.92. The fourth-order valence-corrected chi connectivity index (χ4v) is 2.04. The quantitative estimate of drug-likeness (QED) is 0.500. The lowest BCUT2D eigenvalue weighted by Gasteiger charge is -2.09. The highest BCUT2D eigenvalue weighted by Gasteiger charge is 2.29. The van der Waals surface area contributed by atoms with Crippen molar-refractivity contribution in [1.29, 1.82) is 0 Å². The van der Waals surface area contributed by atoms with Crippen LogP contribution in [-0.4, -0.2) is 5.78 Å². The second-order valence-electron chi connectivity index (χ2n) is 4.23. The number of hydrogen-bond acceptors (Lipinski definition) is 2. The summed E-state index contributed by atoms with van der Waals surface area (Å²) in [5.74, 6) is 1.75. The zero-order chi connectivity index (χ0) is 11.8. The van der Waals surface area contributed by atoms with E-state index in [9.17, 15) is 4.79 Å². The molecule has 0 spiro atoms. The third kappa shape index (κ3) is 1.72. The monoisotopic (exact) mass is 224 g/mol. The van der Waals surface area contributed by atoms with Crippen LogP contribution in [0.1, 0.15) is 28.8 Å². The number of ketones is 1. The zero-order valence-electron chi connectivity index (χ0n) is 9.51. The minimum atomic E-state index is -0.158.